The molecule has 0 spiro atoms. The third-order valence-electron chi connectivity index (χ3n) is 5.75. The molecule has 0 saturated carbocycles. The van der Waals surface area contributed by atoms with Crippen LogP contribution in [0.2, 0.25) is 5.02 Å². The van der Waals surface area contributed by atoms with Crippen LogP contribution < -0.4 is 0 Å². The topological polar surface area (TPSA) is 69.2 Å². The number of carbonyl (C=O) groups is 1. The minimum Gasteiger partial charge on any atom is -0.388 e. The van der Waals surface area contributed by atoms with Gasteiger partial charge in [0.1, 0.15) is 0 Å². The highest BCUT2D eigenvalue weighted by Crippen LogP contribution is 2.46. The number of amides is 1. The molecule has 0 bridgehead atoms. The molecule has 1 amide bonds. The molecule has 2 N–H and O–H groups in total. The van der Waals surface area contributed by atoms with E-state index in [1.807, 2.05) is 24.0 Å². The van der Waals surface area contributed by atoms with Gasteiger partial charge in [-0.1, -0.05) is 32.4 Å². The number of aliphatic hydroxyl groups is 1. The molecule has 6 heteroatoms. The zero-order valence-electron chi connectivity index (χ0n) is 15.1. The van der Waals surface area contributed by atoms with E-state index in [4.69, 9.17) is 11.6 Å². The van der Waals surface area contributed by atoms with Crippen LogP contribution in [0.5, 0.6) is 0 Å². The molecule has 5 nitrogen and oxygen atoms in total. The van der Waals surface area contributed by atoms with Gasteiger partial charge >= 0.3 is 0 Å². The Kier molecular flexibility index (Phi) is 5.07. The number of hydrogen-bond donors (Lipinski definition) is 2. The SMILES string of the molecule is CCC(=O)N1CCC(C(C)(C)[C@@H](O)c2cc(Cl)cc3cn[nH]c23)CC1. The van der Waals surface area contributed by atoms with E-state index in [-0.39, 0.29) is 11.3 Å². The second kappa shape index (κ2) is 6.96. The number of carbonyl (C=O) groups excluding carboxylic acids is 1. The average Bonchev–Trinajstić information content (AvgIpc) is 3.08. The maximum absolute atomic E-state index is 11.9. The van der Waals surface area contributed by atoms with Gasteiger partial charge in [-0.15, -0.1) is 0 Å². The molecule has 1 aromatic carbocycles. The summed E-state index contributed by atoms with van der Waals surface area (Å²) in [5.41, 5.74) is 1.30. The van der Waals surface area contributed by atoms with Gasteiger partial charge in [0.15, 0.2) is 0 Å². The van der Waals surface area contributed by atoms with Crippen LogP contribution in [-0.4, -0.2) is 39.2 Å². The number of nitrogens with zero attached hydrogens (tertiary/aromatic N) is 2. The van der Waals surface area contributed by atoms with Crippen LogP contribution >= 0.6 is 11.6 Å². The molecule has 0 unspecified atom stereocenters. The molecule has 1 saturated heterocycles. The van der Waals surface area contributed by atoms with E-state index in [2.05, 4.69) is 24.0 Å². The van der Waals surface area contributed by atoms with Crippen molar-refractivity contribution in [3.05, 3.63) is 28.9 Å². The zero-order chi connectivity index (χ0) is 18.2. The van der Waals surface area contributed by atoms with Gasteiger partial charge in [-0.2, -0.15) is 5.10 Å². The van der Waals surface area contributed by atoms with Crippen molar-refractivity contribution in [3.8, 4) is 0 Å². The summed E-state index contributed by atoms with van der Waals surface area (Å²) in [7, 11) is 0. The van der Waals surface area contributed by atoms with E-state index < -0.39 is 6.10 Å². The Morgan fingerprint density at radius 1 is 1.44 bits per heavy atom. The van der Waals surface area contributed by atoms with Gasteiger partial charge in [-0.3, -0.25) is 9.89 Å². The van der Waals surface area contributed by atoms with Crippen LogP contribution in [0.1, 0.15) is 51.7 Å². The smallest absolute Gasteiger partial charge is 0.222 e. The van der Waals surface area contributed by atoms with Gasteiger partial charge in [0.25, 0.3) is 0 Å². The Balaban J connectivity index is 1.82. The van der Waals surface area contributed by atoms with Gasteiger partial charge in [0.2, 0.25) is 5.91 Å². The Morgan fingerprint density at radius 3 is 2.76 bits per heavy atom. The average molecular weight is 364 g/mol. The van der Waals surface area contributed by atoms with Crippen molar-refractivity contribution in [2.24, 2.45) is 11.3 Å². The van der Waals surface area contributed by atoms with E-state index in [9.17, 15) is 9.90 Å². The molecule has 136 valence electrons. The summed E-state index contributed by atoms with van der Waals surface area (Å²) in [6.07, 6.45) is 3.42. The normalized spacial score (nSPS) is 17.9. The molecule has 1 aromatic heterocycles. The maximum atomic E-state index is 11.9. The summed E-state index contributed by atoms with van der Waals surface area (Å²) in [6.45, 7) is 7.63. The third kappa shape index (κ3) is 3.40. The quantitative estimate of drug-likeness (QED) is 0.864. The number of aromatic nitrogens is 2. The van der Waals surface area contributed by atoms with Gasteiger partial charge in [0, 0.05) is 35.5 Å². The monoisotopic (exact) mass is 363 g/mol. The number of halogens is 1. The minimum atomic E-state index is -0.660. The number of piperidine rings is 1. The number of benzene rings is 1. The number of rotatable bonds is 4. The number of likely N-dealkylation sites (tertiary alicyclic amines) is 1. The Bertz CT molecular complexity index is 763. The lowest BCUT2D eigenvalue weighted by molar-refractivity contribution is -0.133. The molecule has 1 atom stereocenters. The van der Waals surface area contributed by atoms with Gasteiger partial charge in [-0.05, 0) is 36.3 Å². The molecule has 3 rings (SSSR count). The highest BCUT2D eigenvalue weighted by Gasteiger charge is 2.40. The van der Waals surface area contributed by atoms with Crippen molar-refractivity contribution in [1.29, 1.82) is 0 Å². The molecule has 1 fully saturated rings. The first kappa shape index (κ1) is 18.2. The van der Waals surface area contributed by atoms with Crippen molar-refractivity contribution in [2.45, 2.75) is 46.1 Å². The lowest BCUT2D eigenvalue weighted by atomic mass is 9.68. The zero-order valence-corrected chi connectivity index (χ0v) is 15.8. The molecular weight excluding hydrogens is 338 g/mol. The van der Waals surface area contributed by atoms with Crippen LogP contribution in [0.25, 0.3) is 10.9 Å². The fourth-order valence-corrected chi connectivity index (χ4v) is 4.22. The van der Waals surface area contributed by atoms with Crippen molar-refractivity contribution in [1.82, 2.24) is 15.1 Å². The van der Waals surface area contributed by atoms with Crippen molar-refractivity contribution < 1.29 is 9.90 Å². The van der Waals surface area contributed by atoms with E-state index in [0.29, 0.717) is 17.4 Å². The standard InChI is InChI=1S/C19H26ClN3O2/c1-4-16(24)23-7-5-13(6-8-23)19(2,3)18(25)15-10-14(20)9-12-11-21-22-17(12)15/h9-11,13,18,25H,4-8H2,1-3H3,(H,21,22)/t18-/m0/s1. The highest BCUT2D eigenvalue weighted by molar-refractivity contribution is 6.31. The summed E-state index contributed by atoms with van der Waals surface area (Å²) in [5, 5.41) is 19.7. The van der Waals surface area contributed by atoms with Gasteiger partial charge < -0.3 is 10.0 Å². The van der Waals surface area contributed by atoms with E-state index in [1.54, 1.807) is 6.20 Å². The van der Waals surface area contributed by atoms with Gasteiger partial charge in [-0.25, -0.2) is 0 Å². The summed E-state index contributed by atoms with van der Waals surface area (Å²) in [4.78, 5) is 13.8. The maximum Gasteiger partial charge on any atom is 0.222 e. The van der Waals surface area contributed by atoms with Crippen LogP contribution in [-0.2, 0) is 4.79 Å². The first-order chi connectivity index (χ1) is 11.8. The van der Waals surface area contributed by atoms with Crippen LogP contribution in [0, 0.1) is 11.3 Å². The second-order valence-corrected chi connectivity index (χ2v) is 8.00. The highest BCUT2D eigenvalue weighted by atomic mass is 35.5. The van der Waals surface area contributed by atoms with Crippen LogP contribution in [0.3, 0.4) is 0 Å². The van der Waals surface area contributed by atoms with Crippen molar-refractivity contribution in [3.63, 3.8) is 0 Å². The molecule has 25 heavy (non-hydrogen) atoms. The predicted octanol–water partition coefficient (Wildman–Crippen LogP) is 3.92. The number of aliphatic hydroxyl groups excluding tert-OH is 1. The molecule has 0 aliphatic carbocycles. The molecular formula is C19H26ClN3O2. The largest absolute Gasteiger partial charge is 0.388 e. The summed E-state index contributed by atoms with van der Waals surface area (Å²) < 4.78 is 0. The van der Waals surface area contributed by atoms with Crippen LogP contribution in [0.4, 0.5) is 0 Å². The Hall–Kier alpha value is -1.59. The number of fused-ring (bicyclic) bond motifs is 1. The Labute approximate surface area is 153 Å². The Morgan fingerprint density at radius 2 is 2.12 bits per heavy atom. The number of aromatic amines is 1. The predicted molar refractivity (Wildman–Crippen MR) is 99.4 cm³/mol. The third-order valence-corrected chi connectivity index (χ3v) is 5.96. The number of H-pyrrole nitrogens is 1. The summed E-state index contributed by atoms with van der Waals surface area (Å²) in [6, 6.07) is 3.67. The fraction of sp³-hybridized carbons (Fsp3) is 0.579. The van der Waals surface area contributed by atoms with E-state index in [1.165, 1.54) is 0 Å². The van der Waals surface area contributed by atoms with E-state index >= 15 is 0 Å². The molecule has 1 aliphatic heterocycles. The van der Waals surface area contributed by atoms with Crippen LogP contribution in [0.15, 0.2) is 18.3 Å². The molecule has 1 aliphatic rings. The summed E-state index contributed by atoms with van der Waals surface area (Å²) in [5.74, 6) is 0.547. The van der Waals surface area contributed by atoms with Gasteiger partial charge in [0.05, 0.1) is 17.8 Å². The van der Waals surface area contributed by atoms with Crippen molar-refractivity contribution in [2.75, 3.05) is 13.1 Å². The van der Waals surface area contributed by atoms with E-state index in [0.717, 1.165) is 42.4 Å². The molecule has 2 heterocycles. The fourth-order valence-electron chi connectivity index (χ4n) is 3.98. The molecule has 2 aromatic rings. The lowest BCUT2D eigenvalue weighted by Gasteiger charge is -2.43. The number of nitrogens with one attached hydrogen (secondary N) is 1. The van der Waals surface area contributed by atoms with Crippen molar-refractivity contribution >= 4 is 28.4 Å². The number of hydrogen-bond acceptors (Lipinski definition) is 3. The minimum absolute atomic E-state index is 0.214. The first-order valence-electron chi connectivity index (χ1n) is 8.93. The first-order valence-corrected chi connectivity index (χ1v) is 9.30. The second-order valence-electron chi connectivity index (χ2n) is 7.56. The lowest BCUT2D eigenvalue weighted by Crippen LogP contribution is -2.43. The summed E-state index contributed by atoms with van der Waals surface area (Å²) >= 11 is 6.23. The molecule has 0 radical (unpaired) electrons.